The third-order valence-electron chi connectivity index (χ3n) is 4.14. The molecule has 0 bridgehead atoms. The molecule has 29 heavy (non-hydrogen) atoms. The van der Waals surface area contributed by atoms with E-state index < -0.39 is 0 Å². The average molecular weight is 408 g/mol. The molecule has 0 atom stereocenters. The molecule has 0 fully saturated rings. The number of aromatic nitrogens is 4. The molecule has 146 valence electrons. The zero-order valence-corrected chi connectivity index (χ0v) is 16.2. The van der Waals surface area contributed by atoms with Crippen LogP contribution in [0.5, 0.6) is 0 Å². The van der Waals surface area contributed by atoms with Gasteiger partial charge in [-0.15, -0.1) is 5.10 Å². The normalized spacial score (nSPS) is 10.9. The van der Waals surface area contributed by atoms with Crippen LogP contribution in [0, 0.1) is 0 Å². The molecule has 2 amide bonds. The van der Waals surface area contributed by atoms with Crippen molar-refractivity contribution in [3.63, 3.8) is 0 Å². The van der Waals surface area contributed by atoms with E-state index in [9.17, 15) is 14.4 Å². The molecule has 0 aliphatic rings. The van der Waals surface area contributed by atoms with E-state index in [-0.39, 0.29) is 30.3 Å². The molecule has 0 aliphatic heterocycles. The van der Waals surface area contributed by atoms with Gasteiger partial charge in [-0.3, -0.25) is 14.4 Å². The summed E-state index contributed by atoms with van der Waals surface area (Å²) in [7, 11) is 0. The Balaban J connectivity index is 1.44. The molecule has 2 heterocycles. The highest BCUT2D eigenvalue weighted by atomic mass is 32.1. The van der Waals surface area contributed by atoms with E-state index in [0.29, 0.717) is 21.7 Å². The maximum Gasteiger partial charge on any atom is 0.277 e. The summed E-state index contributed by atoms with van der Waals surface area (Å²) >= 11 is 1.30. The number of carbonyl (C=O) groups is 2. The standard InChI is InChI=1S/C19H16N6O3S/c1-11(26)20-12-6-7-15-16(10-12)29-19(21-15)22-17(27)8-9-25-18(28)13-4-2-3-5-14(13)23-24-25/h2-7,10H,8-9H2,1H3,(H,20,26)(H,21,22,27). The van der Waals surface area contributed by atoms with E-state index in [4.69, 9.17) is 0 Å². The highest BCUT2D eigenvalue weighted by molar-refractivity contribution is 7.22. The lowest BCUT2D eigenvalue weighted by molar-refractivity contribution is -0.116. The summed E-state index contributed by atoms with van der Waals surface area (Å²) in [6.07, 6.45) is 0.0555. The first-order valence-corrected chi connectivity index (χ1v) is 9.62. The van der Waals surface area contributed by atoms with Gasteiger partial charge >= 0.3 is 0 Å². The second kappa shape index (κ2) is 7.76. The predicted octanol–water partition coefficient (Wildman–Crippen LogP) is 2.39. The van der Waals surface area contributed by atoms with Crippen LogP contribution in [0.4, 0.5) is 10.8 Å². The van der Waals surface area contributed by atoms with Crippen LogP contribution in [0.3, 0.4) is 0 Å². The Bertz CT molecular complexity index is 1300. The number of aryl methyl sites for hydroxylation is 1. The van der Waals surface area contributed by atoms with Gasteiger partial charge in [0.2, 0.25) is 11.8 Å². The third kappa shape index (κ3) is 4.11. The van der Waals surface area contributed by atoms with Gasteiger partial charge in [-0.2, -0.15) is 0 Å². The number of thiazole rings is 1. The molecule has 0 spiro atoms. The molecule has 0 saturated carbocycles. The number of amides is 2. The summed E-state index contributed by atoms with van der Waals surface area (Å²) in [5.74, 6) is -0.442. The van der Waals surface area contributed by atoms with E-state index in [1.165, 1.54) is 22.9 Å². The van der Waals surface area contributed by atoms with E-state index in [2.05, 4.69) is 25.9 Å². The van der Waals surface area contributed by atoms with Crippen LogP contribution >= 0.6 is 11.3 Å². The lowest BCUT2D eigenvalue weighted by atomic mass is 10.2. The van der Waals surface area contributed by atoms with E-state index >= 15 is 0 Å². The first-order chi connectivity index (χ1) is 14.0. The quantitative estimate of drug-likeness (QED) is 0.523. The Labute approximate surface area is 168 Å². The number of anilines is 2. The van der Waals surface area contributed by atoms with Crippen LogP contribution in [0.15, 0.2) is 47.3 Å². The van der Waals surface area contributed by atoms with Gasteiger partial charge in [0, 0.05) is 19.0 Å². The highest BCUT2D eigenvalue weighted by Gasteiger charge is 2.11. The van der Waals surface area contributed by atoms with Gasteiger partial charge in [0.05, 0.1) is 22.1 Å². The number of benzene rings is 2. The third-order valence-corrected chi connectivity index (χ3v) is 5.07. The first kappa shape index (κ1) is 18.7. The Morgan fingerprint density at radius 1 is 1.10 bits per heavy atom. The fraction of sp³-hybridized carbons (Fsp3) is 0.158. The molecule has 4 rings (SSSR count). The molecule has 0 saturated heterocycles. The summed E-state index contributed by atoms with van der Waals surface area (Å²) in [5.41, 5.74) is 1.62. The van der Waals surface area contributed by atoms with Crippen molar-refractivity contribution in [3.8, 4) is 0 Å². The van der Waals surface area contributed by atoms with Gasteiger partial charge in [0.1, 0.15) is 5.52 Å². The number of hydrogen-bond acceptors (Lipinski definition) is 7. The van der Waals surface area contributed by atoms with Gasteiger partial charge in [-0.25, -0.2) is 9.67 Å². The van der Waals surface area contributed by atoms with Crippen LogP contribution in [0.25, 0.3) is 21.1 Å². The zero-order chi connectivity index (χ0) is 20.4. The van der Waals surface area contributed by atoms with Crippen molar-refractivity contribution in [2.75, 3.05) is 10.6 Å². The van der Waals surface area contributed by atoms with Crippen LogP contribution in [-0.4, -0.2) is 31.8 Å². The summed E-state index contributed by atoms with van der Waals surface area (Å²) in [6, 6.07) is 12.3. The number of fused-ring (bicyclic) bond motifs is 2. The van der Waals surface area contributed by atoms with Crippen LogP contribution in [0.1, 0.15) is 13.3 Å². The van der Waals surface area contributed by atoms with Crippen molar-refractivity contribution in [3.05, 3.63) is 52.8 Å². The molecule has 2 N–H and O–H groups in total. The van der Waals surface area contributed by atoms with Crippen molar-refractivity contribution in [1.29, 1.82) is 0 Å². The first-order valence-electron chi connectivity index (χ1n) is 8.80. The molecule has 10 heteroatoms. The van der Waals surface area contributed by atoms with E-state index in [1.54, 1.807) is 42.5 Å². The Morgan fingerprint density at radius 2 is 1.93 bits per heavy atom. The lowest BCUT2D eigenvalue weighted by Gasteiger charge is -2.04. The van der Waals surface area contributed by atoms with Crippen molar-refractivity contribution in [1.82, 2.24) is 20.0 Å². The van der Waals surface area contributed by atoms with Crippen LogP contribution in [-0.2, 0) is 16.1 Å². The zero-order valence-electron chi connectivity index (χ0n) is 15.4. The summed E-state index contributed by atoms with van der Waals surface area (Å²) in [4.78, 5) is 40.2. The minimum atomic E-state index is -0.284. The topological polar surface area (TPSA) is 119 Å². The molecular weight excluding hydrogens is 392 g/mol. The Kier molecular flexibility index (Phi) is 5.00. The van der Waals surface area contributed by atoms with Crippen molar-refractivity contribution in [2.45, 2.75) is 19.9 Å². The van der Waals surface area contributed by atoms with Crippen LogP contribution in [0.2, 0.25) is 0 Å². The molecule has 0 unspecified atom stereocenters. The highest BCUT2D eigenvalue weighted by Crippen LogP contribution is 2.28. The van der Waals surface area contributed by atoms with Crippen molar-refractivity contribution >= 4 is 55.1 Å². The van der Waals surface area contributed by atoms with Gasteiger partial charge < -0.3 is 10.6 Å². The van der Waals surface area contributed by atoms with Gasteiger partial charge in [0.25, 0.3) is 5.56 Å². The van der Waals surface area contributed by atoms with Gasteiger partial charge in [-0.05, 0) is 30.3 Å². The van der Waals surface area contributed by atoms with Crippen LogP contribution < -0.4 is 16.2 Å². The maximum atomic E-state index is 12.4. The molecule has 4 aromatic rings. The average Bonchev–Trinajstić information content (AvgIpc) is 3.08. The fourth-order valence-corrected chi connectivity index (χ4v) is 3.74. The molecule has 2 aromatic heterocycles. The number of nitrogens with zero attached hydrogens (tertiary/aromatic N) is 4. The summed E-state index contributed by atoms with van der Waals surface area (Å²) < 4.78 is 2.02. The number of hydrogen-bond donors (Lipinski definition) is 2. The second-order valence-corrected chi connectivity index (χ2v) is 7.35. The molecule has 2 aromatic carbocycles. The lowest BCUT2D eigenvalue weighted by Crippen LogP contribution is -2.26. The van der Waals surface area contributed by atoms with E-state index in [1.807, 2.05) is 0 Å². The Hall–Kier alpha value is -3.66. The number of nitrogens with one attached hydrogen (secondary N) is 2. The fourth-order valence-electron chi connectivity index (χ4n) is 2.82. The smallest absolute Gasteiger partial charge is 0.277 e. The molecule has 0 aliphatic carbocycles. The van der Waals surface area contributed by atoms with Crippen molar-refractivity contribution in [2.24, 2.45) is 0 Å². The predicted molar refractivity (Wildman–Crippen MR) is 111 cm³/mol. The molecular formula is C19H16N6O3S. The Morgan fingerprint density at radius 3 is 2.76 bits per heavy atom. The largest absolute Gasteiger partial charge is 0.326 e. The van der Waals surface area contributed by atoms with Gasteiger partial charge in [-0.1, -0.05) is 28.7 Å². The maximum absolute atomic E-state index is 12.4. The second-order valence-electron chi connectivity index (χ2n) is 6.32. The van der Waals surface area contributed by atoms with Gasteiger partial charge in [0.15, 0.2) is 5.13 Å². The van der Waals surface area contributed by atoms with E-state index in [0.717, 1.165) is 10.2 Å². The van der Waals surface area contributed by atoms with Crippen molar-refractivity contribution < 1.29 is 9.59 Å². The minimum Gasteiger partial charge on any atom is -0.326 e. The molecule has 9 nitrogen and oxygen atoms in total. The monoisotopic (exact) mass is 408 g/mol. The number of rotatable bonds is 5. The SMILES string of the molecule is CC(=O)Nc1ccc2nc(NC(=O)CCn3nnc4ccccc4c3=O)sc2c1. The molecule has 0 radical (unpaired) electrons. The minimum absolute atomic E-state index is 0.0555. The number of carbonyl (C=O) groups excluding carboxylic acids is 2. The summed E-state index contributed by atoms with van der Waals surface area (Å²) in [6.45, 7) is 1.55. The summed E-state index contributed by atoms with van der Waals surface area (Å²) in [5, 5.41) is 14.2.